The number of methoxy groups -OCH3 is 1. The molecule has 0 saturated carbocycles. The lowest BCUT2D eigenvalue weighted by atomic mass is 10.1. The monoisotopic (exact) mass is 504 g/mol. The van der Waals surface area contributed by atoms with Crippen molar-refractivity contribution < 1.29 is 27.5 Å². The van der Waals surface area contributed by atoms with E-state index in [4.69, 9.17) is 21.1 Å². The van der Waals surface area contributed by atoms with Crippen molar-refractivity contribution in [2.24, 2.45) is 0 Å². The van der Waals surface area contributed by atoms with Crippen LogP contribution in [0.15, 0.2) is 47.4 Å². The third-order valence-corrected chi connectivity index (χ3v) is 7.91. The number of amides is 1. The Bertz CT molecular complexity index is 1410. The molecule has 2 aromatic carbocycles. The fraction of sp³-hybridized carbons (Fsp3) is 0.333. The molecule has 0 spiro atoms. The summed E-state index contributed by atoms with van der Waals surface area (Å²) in [4.78, 5) is 25.6. The van der Waals surface area contributed by atoms with E-state index < -0.39 is 21.6 Å². The van der Waals surface area contributed by atoms with Gasteiger partial charge in [0.15, 0.2) is 5.60 Å². The predicted octanol–water partition coefficient (Wildman–Crippen LogP) is 3.91. The molecule has 1 aliphatic heterocycles. The van der Waals surface area contributed by atoms with Crippen LogP contribution in [0.25, 0.3) is 10.9 Å². The molecular weight excluding hydrogens is 480 g/mol. The van der Waals surface area contributed by atoms with Gasteiger partial charge in [-0.05, 0) is 68.3 Å². The van der Waals surface area contributed by atoms with Gasteiger partial charge in [-0.1, -0.05) is 11.6 Å². The molecule has 34 heavy (non-hydrogen) atoms. The lowest BCUT2D eigenvalue weighted by molar-refractivity contribution is -0.166. The molecule has 0 atom stereocenters. The number of hydrogen-bond acceptors (Lipinski definition) is 6. The Balaban J connectivity index is 1.80. The van der Waals surface area contributed by atoms with Gasteiger partial charge in [0.1, 0.15) is 0 Å². The van der Waals surface area contributed by atoms with Crippen LogP contribution in [-0.2, 0) is 42.1 Å². The van der Waals surface area contributed by atoms with Crippen molar-refractivity contribution in [1.82, 2.24) is 3.97 Å². The van der Waals surface area contributed by atoms with E-state index in [0.717, 1.165) is 11.3 Å². The van der Waals surface area contributed by atoms with Gasteiger partial charge in [0, 0.05) is 29.6 Å². The number of fused-ring (bicyclic) bond motifs is 2. The van der Waals surface area contributed by atoms with Crippen molar-refractivity contribution in [2.75, 3.05) is 18.6 Å². The SMILES string of the molecule is COC(=O)C(C)(C)OCc1cc2cc(Cl)ccc2n1S(=O)(=O)c1ccc2c(c1)CCN2C(C)=O. The number of nitrogens with zero attached hydrogens (tertiary/aromatic N) is 2. The molecule has 2 heterocycles. The summed E-state index contributed by atoms with van der Waals surface area (Å²) in [6, 6.07) is 11.4. The summed E-state index contributed by atoms with van der Waals surface area (Å²) < 4.78 is 39.5. The van der Waals surface area contributed by atoms with Crippen LogP contribution < -0.4 is 4.90 Å². The van der Waals surface area contributed by atoms with Crippen molar-refractivity contribution in [3.63, 3.8) is 0 Å². The van der Waals surface area contributed by atoms with E-state index in [2.05, 4.69) is 0 Å². The minimum Gasteiger partial charge on any atom is -0.467 e. The molecule has 4 rings (SSSR count). The first-order valence-electron chi connectivity index (χ1n) is 10.6. The van der Waals surface area contributed by atoms with Crippen molar-refractivity contribution in [1.29, 1.82) is 0 Å². The van der Waals surface area contributed by atoms with Crippen molar-refractivity contribution in [2.45, 2.75) is 44.3 Å². The second-order valence-corrected chi connectivity index (χ2v) is 10.8. The highest BCUT2D eigenvalue weighted by molar-refractivity contribution is 7.90. The number of rotatable bonds is 6. The number of ether oxygens (including phenoxy) is 2. The first kappa shape index (κ1) is 24.3. The minimum atomic E-state index is -4.04. The lowest BCUT2D eigenvalue weighted by Crippen LogP contribution is -2.36. The highest BCUT2D eigenvalue weighted by Gasteiger charge is 2.32. The van der Waals surface area contributed by atoms with Crippen LogP contribution in [0.4, 0.5) is 5.69 Å². The fourth-order valence-electron chi connectivity index (χ4n) is 4.13. The van der Waals surface area contributed by atoms with Crippen LogP contribution >= 0.6 is 11.6 Å². The van der Waals surface area contributed by atoms with Crippen LogP contribution in [0, 0.1) is 0 Å². The van der Waals surface area contributed by atoms with E-state index in [1.54, 1.807) is 55.1 Å². The summed E-state index contributed by atoms with van der Waals surface area (Å²) in [5.74, 6) is -0.662. The summed E-state index contributed by atoms with van der Waals surface area (Å²) in [6.45, 7) is 4.95. The molecule has 0 bridgehead atoms. The average molecular weight is 505 g/mol. The van der Waals surface area contributed by atoms with Crippen LogP contribution in [0.5, 0.6) is 0 Å². The van der Waals surface area contributed by atoms with Gasteiger partial charge in [-0.25, -0.2) is 17.2 Å². The number of carbonyl (C=O) groups is 2. The van der Waals surface area contributed by atoms with Gasteiger partial charge in [0.2, 0.25) is 5.91 Å². The minimum absolute atomic E-state index is 0.0877. The maximum atomic E-state index is 13.8. The first-order chi connectivity index (χ1) is 16.0. The van der Waals surface area contributed by atoms with E-state index >= 15 is 0 Å². The van der Waals surface area contributed by atoms with E-state index in [1.807, 2.05) is 0 Å². The fourth-order valence-corrected chi connectivity index (χ4v) is 5.89. The Morgan fingerprint density at radius 1 is 1.12 bits per heavy atom. The van der Waals surface area contributed by atoms with Gasteiger partial charge in [0.25, 0.3) is 10.0 Å². The van der Waals surface area contributed by atoms with E-state index in [1.165, 1.54) is 24.1 Å². The number of hydrogen-bond donors (Lipinski definition) is 0. The molecular formula is C24H25ClN2O6S. The van der Waals surface area contributed by atoms with Crippen LogP contribution in [0.1, 0.15) is 32.0 Å². The number of anilines is 1. The van der Waals surface area contributed by atoms with Gasteiger partial charge in [-0.2, -0.15) is 0 Å². The Kier molecular flexibility index (Phi) is 6.22. The zero-order valence-electron chi connectivity index (χ0n) is 19.3. The van der Waals surface area contributed by atoms with E-state index in [-0.39, 0.29) is 17.4 Å². The zero-order chi connectivity index (χ0) is 24.8. The lowest BCUT2D eigenvalue weighted by Gasteiger charge is -2.22. The van der Waals surface area contributed by atoms with E-state index in [9.17, 15) is 18.0 Å². The molecule has 0 saturated heterocycles. The third-order valence-electron chi connectivity index (χ3n) is 5.91. The van der Waals surface area contributed by atoms with Gasteiger partial charge < -0.3 is 14.4 Å². The molecule has 1 amide bonds. The van der Waals surface area contributed by atoms with Gasteiger partial charge >= 0.3 is 5.97 Å². The third kappa shape index (κ3) is 4.19. The van der Waals surface area contributed by atoms with Crippen molar-refractivity contribution >= 4 is 50.1 Å². The standard InChI is InChI=1S/C24H25ClN2O6S/c1-15(28)26-10-9-16-13-20(6-8-21(16)26)34(30,31)27-19(14-33-24(2,3)23(29)32-4)12-17-11-18(25)5-7-22(17)27/h5-8,11-13H,9-10,14H2,1-4H3. The molecule has 0 unspecified atom stereocenters. The molecule has 1 aliphatic rings. The van der Waals surface area contributed by atoms with Crippen LogP contribution in [0.2, 0.25) is 5.02 Å². The number of aromatic nitrogens is 1. The van der Waals surface area contributed by atoms with Crippen LogP contribution in [0.3, 0.4) is 0 Å². The number of esters is 1. The maximum Gasteiger partial charge on any atom is 0.337 e. The molecule has 0 aliphatic carbocycles. The summed E-state index contributed by atoms with van der Waals surface area (Å²) >= 11 is 6.14. The average Bonchev–Trinajstić information content (AvgIpc) is 3.37. The van der Waals surface area contributed by atoms with Gasteiger partial charge in [-0.15, -0.1) is 0 Å². The number of halogens is 1. The Labute approximate surface area is 203 Å². The summed E-state index contributed by atoms with van der Waals surface area (Å²) in [5.41, 5.74) is 1.01. The summed E-state index contributed by atoms with van der Waals surface area (Å²) in [7, 11) is -2.78. The predicted molar refractivity (Wildman–Crippen MR) is 129 cm³/mol. The Morgan fingerprint density at radius 2 is 1.85 bits per heavy atom. The first-order valence-corrected chi connectivity index (χ1v) is 12.5. The maximum absolute atomic E-state index is 13.8. The molecule has 3 aromatic rings. The normalized spacial score (nSPS) is 13.9. The second kappa shape index (κ2) is 8.72. The molecule has 0 N–H and O–H groups in total. The van der Waals surface area contributed by atoms with E-state index in [0.29, 0.717) is 34.6 Å². The highest BCUT2D eigenvalue weighted by Crippen LogP contribution is 2.33. The number of carbonyl (C=O) groups excluding carboxylic acids is 2. The molecule has 10 heteroatoms. The van der Waals surface area contributed by atoms with Gasteiger partial charge in [-0.3, -0.25) is 4.79 Å². The summed E-state index contributed by atoms with van der Waals surface area (Å²) in [6.07, 6.45) is 0.573. The van der Waals surface area contributed by atoms with Crippen LogP contribution in [-0.4, -0.2) is 43.5 Å². The smallest absolute Gasteiger partial charge is 0.337 e. The Morgan fingerprint density at radius 3 is 2.53 bits per heavy atom. The molecule has 0 fully saturated rings. The van der Waals surface area contributed by atoms with Gasteiger partial charge in [0.05, 0.1) is 29.8 Å². The molecule has 1 aromatic heterocycles. The quantitative estimate of drug-likeness (QED) is 0.472. The Hall–Kier alpha value is -2.88. The number of benzene rings is 2. The topological polar surface area (TPSA) is 94.9 Å². The molecule has 8 nitrogen and oxygen atoms in total. The van der Waals surface area contributed by atoms with Crippen molar-refractivity contribution in [3.8, 4) is 0 Å². The highest BCUT2D eigenvalue weighted by atomic mass is 35.5. The molecule has 0 radical (unpaired) electrons. The van der Waals surface area contributed by atoms with Crippen molar-refractivity contribution in [3.05, 3.63) is 58.7 Å². The zero-order valence-corrected chi connectivity index (χ0v) is 20.9. The summed E-state index contributed by atoms with van der Waals surface area (Å²) in [5, 5.41) is 1.08. The molecule has 180 valence electrons. The second-order valence-electron chi connectivity index (χ2n) is 8.61. The largest absolute Gasteiger partial charge is 0.467 e.